The molecule has 2 heterocycles. The van der Waals surface area contributed by atoms with E-state index in [1.165, 1.54) is 12.1 Å². The van der Waals surface area contributed by atoms with Crippen LogP contribution in [-0.4, -0.2) is 62.7 Å². The third kappa shape index (κ3) is 4.10. The number of nitrogens with zero attached hydrogens (tertiary/aromatic N) is 6. The lowest BCUT2D eigenvalue weighted by Gasteiger charge is -2.38. The zero-order valence-electron chi connectivity index (χ0n) is 16.1. The third-order valence-electron chi connectivity index (χ3n) is 5.38. The van der Waals surface area contributed by atoms with Crippen LogP contribution in [0.2, 0.25) is 0 Å². The van der Waals surface area contributed by atoms with Gasteiger partial charge >= 0.3 is 0 Å². The summed E-state index contributed by atoms with van der Waals surface area (Å²) in [5, 5.41) is 12.6. The Morgan fingerprint density at radius 2 is 1.68 bits per heavy atom. The molecular weight excluding hydrogens is 355 g/mol. The molecule has 0 N–H and O–H groups in total. The fourth-order valence-electron chi connectivity index (χ4n) is 3.78. The standard InChI is InChI=1S/C21H25FN6/c1-2-26-12-14-27(15-13-26)20(18-8-10-19(22)11-9-18)21-23-24-25-28(21)16-17-6-4-3-5-7-17/h3-11,20H,2,12-16H2,1H3/t20-/m0/s1. The van der Waals surface area contributed by atoms with Crippen LogP contribution in [0.5, 0.6) is 0 Å². The molecule has 1 aliphatic rings. The van der Waals surface area contributed by atoms with Crippen molar-refractivity contribution in [3.63, 3.8) is 0 Å². The van der Waals surface area contributed by atoms with Crippen molar-refractivity contribution in [2.24, 2.45) is 0 Å². The van der Waals surface area contributed by atoms with Crippen molar-refractivity contribution in [3.8, 4) is 0 Å². The molecule has 3 aromatic rings. The van der Waals surface area contributed by atoms with E-state index in [9.17, 15) is 4.39 Å². The molecule has 0 bridgehead atoms. The van der Waals surface area contributed by atoms with E-state index in [0.29, 0.717) is 6.54 Å². The minimum atomic E-state index is -0.234. The van der Waals surface area contributed by atoms with Crippen LogP contribution in [0.3, 0.4) is 0 Å². The van der Waals surface area contributed by atoms with Crippen LogP contribution in [0, 0.1) is 5.82 Å². The molecule has 0 saturated carbocycles. The molecule has 7 heteroatoms. The molecule has 1 aliphatic heterocycles. The second-order valence-corrected chi connectivity index (χ2v) is 7.10. The van der Waals surface area contributed by atoms with E-state index in [1.54, 1.807) is 0 Å². The molecule has 1 saturated heterocycles. The maximum atomic E-state index is 13.5. The summed E-state index contributed by atoms with van der Waals surface area (Å²) >= 11 is 0. The maximum Gasteiger partial charge on any atom is 0.173 e. The van der Waals surface area contributed by atoms with Crippen LogP contribution in [0.25, 0.3) is 0 Å². The Hall–Kier alpha value is -2.64. The Kier molecular flexibility index (Phi) is 5.73. The summed E-state index contributed by atoms with van der Waals surface area (Å²) in [7, 11) is 0. The lowest BCUT2D eigenvalue weighted by Crippen LogP contribution is -2.48. The minimum absolute atomic E-state index is 0.0988. The van der Waals surface area contributed by atoms with Crippen molar-refractivity contribution >= 4 is 0 Å². The first-order valence-electron chi connectivity index (χ1n) is 9.76. The molecule has 0 spiro atoms. The summed E-state index contributed by atoms with van der Waals surface area (Å²) in [6.07, 6.45) is 0. The Labute approximate surface area is 164 Å². The van der Waals surface area contributed by atoms with Crippen molar-refractivity contribution < 1.29 is 4.39 Å². The van der Waals surface area contributed by atoms with E-state index in [0.717, 1.165) is 49.7 Å². The number of aromatic nitrogens is 4. The summed E-state index contributed by atoms with van der Waals surface area (Å²) in [5.74, 6) is 0.558. The van der Waals surface area contributed by atoms with Gasteiger partial charge in [-0.2, -0.15) is 0 Å². The van der Waals surface area contributed by atoms with Gasteiger partial charge in [-0.3, -0.25) is 4.90 Å². The average molecular weight is 380 g/mol. The van der Waals surface area contributed by atoms with E-state index in [-0.39, 0.29) is 11.9 Å². The lowest BCUT2D eigenvalue weighted by atomic mass is 10.0. The van der Waals surface area contributed by atoms with Crippen molar-refractivity contribution in [1.82, 2.24) is 30.0 Å². The molecule has 146 valence electrons. The maximum absolute atomic E-state index is 13.5. The first kappa shape index (κ1) is 18.7. The topological polar surface area (TPSA) is 50.1 Å². The van der Waals surface area contributed by atoms with Crippen LogP contribution in [0.15, 0.2) is 54.6 Å². The SMILES string of the molecule is CCN1CCN([C@@H](c2ccc(F)cc2)c2nnnn2Cc2ccccc2)CC1. The Morgan fingerprint density at radius 3 is 2.36 bits per heavy atom. The van der Waals surface area contributed by atoms with Gasteiger partial charge in [0.15, 0.2) is 5.82 Å². The number of halogens is 1. The first-order valence-corrected chi connectivity index (χ1v) is 9.76. The predicted molar refractivity (Wildman–Crippen MR) is 105 cm³/mol. The highest BCUT2D eigenvalue weighted by atomic mass is 19.1. The van der Waals surface area contributed by atoms with Crippen LogP contribution >= 0.6 is 0 Å². The highest BCUT2D eigenvalue weighted by Gasteiger charge is 2.30. The van der Waals surface area contributed by atoms with Gasteiger partial charge in [0.05, 0.1) is 12.6 Å². The first-order chi connectivity index (χ1) is 13.7. The Morgan fingerprint density at radius 1 is 0.964 bits per heavy atom. The molecule has 6 nitrogen and oxygen atoms in total. The largest absolute Gasteiger partial charge is 0.301 e. The quantitative estimate of drug-likeness (QED) is 0.658. The average Bonchev–Trinajstić information content (AvgIpc) is 3.18. The van der Waals surface area contributed by atoms with Crippen LogP contribution < -0.4 is 0 Å². The molecule has 0 aliphatic carbocycles. The van der Waals surface area contributed by atoms with Gasteiger partial charge in [0.2, 0.25) is 0 Å². The van der Waals surface area contributed by atoms with Gasteiger partial charge in [0, 0.05) is 26.2 Å². The molecule has 0 unspecified atom stereocenters. The molecule has 0 amide bonds. The van der Waals surface area contributed by atoms with E-state index < -0.39 is 0 Å². The second-order valence-electron chi connectivity index (χ2n) is 7.10. The highest BCUT2D eigenvalue weighted by Crippen LogP contribution is 2.28. The summed E-state index contributed by atoms with van der Waals surface area (Å²) < 4.78 is 15.4. The van der Waals surface area contributed by atoms with Gasteiger partial charge in [0.25, 0.3) is 0 Å². The van der Waals surface area contributed by atoms with Gasteiger partial charge in [-0.15, -0.1) is 5.10 Å². The van der Waals surface area contributed by atoms with Crippen molar-refractivity contribution in [3.05, 3.63) is 77.4 Å². The Balaban J connectivity index is 1.66. The summed E-state index contributed by atoms with van der Waals surface area (Å²) in [5.41, 5.74) is 2.15. The molecule has 4 rings (SSSR count). The highest BCUT2D eigenvalue weighted by molar-refractivity contribution is 5.26. The van der Waals surface area contributed by atoms with E-state index in [4.69, 9.17) is 0 Å². The fourth-order valence-corrected chi connectivity index (χ4v) is 3.78. The van der Waals surface area contributed by atoms with Crippen molar-refractivity contribution in [2.75, 3.05) is 32.7 Å². The molecule has 0 radical (unpaired) electrons. The van der Waals surface area contributed by atoms with E-state index in [2.05, 4.69) is 44.4 Å². The van der Waals surface area contributed by atoms with Crippen molar-refractivity contribution in [1.29, 1.82) is 0 Å². The monoisotopic (exact) mass is 380 g/mol. The lowest BCUT2D eigenvalue weighted by molar-refractivity contribution is 0.108. The van der Waals surface area contributed by atoms with Gasteiger partial charge in [-0.25, -0.2) is 9.07 Å². The molecule has 28 heavy (non-hydrogen) atoms. The van der Waals surface area contributed by atoms with Crippen LogP contribution in [0.1, 0.15) is 29.9 Å². The smallest absolute Gasteiger partial charge is 0.173 e. The van der Waals surface area contributed by atoms with E-state index in [1.807, 2.05) is 35.0 Å². The zero-order chi connectivity index (χ0) is 19.3. The number of likely N-dealkylation sites (N-methyl/N-ethyl adjacent to an activating group) is 1. The Bertz CT molecular complexity index is 871. The van der Waals surface area contributed by atoms with Gasteiger partial charge in [0.1, 0.15) is 5.82 Å². The molecule has 2 aromatic carbocycles. The van der Waals surface area contributed by atoms with Gasteiger partial charge in [-0.05, 0) is 40.2 Å². The van der Waals surface area contributed by atoms with E-state index >= 15 is 0 Å². The summed E-state index contributed by atoms with van der Waals surface area (Å²) in [6, 6.07) is 16.8. The zero-order valence-corrected chi connectivity index (χ0v) is 16.1. The van der Waals surface area contributed by atoms with Crippen LogP contribution in [-0.2, 0) is 6.54 Å². The number of tetrazole rings is 1. The fraction of sp³-hybridized carbons (Fsp3) is 0.381. The predicted octanol–water partition coefficient (Wildman–Crippen LogP) is 2.59. The summed E-state index contributed by atoms with van der Waals surface area (Å²) in [6.45, 7) is 7.72. The summed E-state index contributed by atoms with van der Waals surface area (Å²) in [4.78, 5) is 4.83. The molecule has 1 fully saturated rings. The minimum Gasteiger partial charge on any atom is -0.301 e. The number of rotatable bonds is 6. The molecule has 1 atom stereocenters. The van der Waals surface area contributed by atoms with Crippen LogP contribution in [0.4, 0.5) is 4.39 Å². The number of hydrogen-bond acceptors (Lipinski definition) is 5. The number of piperazine rings is 1. The molecular formula is C21H25FN6. The number of benzene rings is 2. The third-order valence-corrected chi connectivity index (χ3v) is 5.38. The normalized spacial score (nSPS) is 16.9. The second kappa shape index (κ2) is 8.58. The molecule has 1 aromatic heterocycles. The number of hydrogen-bond donors (Lipinski definition) is 0. The van der Waals surface area contributed by atoms with Gasteiger partial charge in [-0.1, -0.05) is 49.4 Å². The van der Waals surface area contributed by atoms with Gasteiger partial charge < -0.3 is 4.90 Å². The van der Waals surface area contributed by atoms with Crippen molar-refractivity contribution in [2.45, 2.75) is 19.5 Å².